The van der Waals surface area contributed by atoms with Crippen molar-refractivity contribution in [2.45, 2.75) is 6.92 Å². The number of rotatable bonds is 5. The molecule has 1 aliphatic heterocycles. The van der Waals surface area contributed by atoms with Crippen molar-refractivity contribution in [3.63, 3.8) is 0 Å². The van der Waals surface area contributed by atoms with Crippen LogP contribution in [0.4, 0.5) is 28.8 Å². The number of hydrogen-bond donors (Lipinski definition) is 1. The van der Waals surface area contributed by atoms with Crippen LogP contribution in [0.2, 0.25) is 0 Å². The van der Waals surface area contributed by atoms with Crippen LogP contribution in [0.5, 0.6) is 0 Å². The molecule has 4 aromatic rings. The molecule has 0 unspecified atom stereocenters. The van der Waals surface area contributed by atoms with Crippen molar-refractivity contribution >= 4 is 40.0 Å². The Morgan fingerprint density at radius 3 is 2.24 bits per heavy atom. The van der Waals surface area contributed by atoms with Crippen LogP contribution >= 0.6 is 0 Å². The molecule has 0 amide bonds. The topological polar surface area (TPSA) is 113 Å². The standard InChI is InChI=1S/C23H22N8O2/c1-16-2-4-17(5-3-16)26-22-20-21(25-11-10-24-20)27-23(28-22)30-14-12-29(13-15-30)18-6-8-19(9-7-18)31(32)33/h2-11H,12-15H2,1H3,(H,25,26,27,28). The fourth-order valence-electron chi connectivity index (χ4n) is 3.80. The van der Waals surface area contributed by atoms with Crippen molar-refractivity contribution in [2.75, 3.05) is 41.3 Å². The number of anilines is 4. The number of nitrogens with one attached hydrogen (secondary N) is 1. The third-order valence-electron chi connectivity index (χ3n) is 5.62. The van der Waals surface area contributed by atoms with Gasteiger partial charge in [-0.15, -0.1) is 0 Å². The monoisotopic (exact) mass is 442 g/mol. The smallest absolute Gasteiger partial charge is 0.269 e. The Bertz CT molecular complexity index is 1290. The SMILES string of the molecule is Cc1ccc(Nc2nc(N3CCN(c4ccc([N+](=O)[O-])cc4)CC3)nc3nccnc23)cc1. The highest BCUT2D eigenvalue weighted by Crippen LogP contribution is 2.26. The summed E-state index contributed by atoms with van der Waals surface area (Å²) in [6, 6.07) is 14.7. The van der Waals surface area contributed by atoms with E-state index in [4.69, 9.17) is 4.98 Å². The number of fused-ring (bicyclic) bond motifs is 1. The van der Waals surface area contributed by atoms with Crippen LogP contribution in [0.3, 0.4) is 0 Å². The van der Waals surface area contributed by atoms with Crippen LogP contribution in [0.15, 0.2) is 60.9 Å². The maximum atomic E-state index is 10.9. The normalized spacial score (nSPS) is 13.8. The molecule has 166 valence electrons. The summed E-state index contributed by atoms with van der Waals surface area (Å²) in [7, 11) is 0. The molecule has 33 heavy (non-hydrogen) atoms. The lowest BCUT2D eigenvalue weighted by Gasteiger charge is -2.36. The molecular formula is C23H22N8O2. The molecule has 0 aliphatic carbocycles. The highest BCUT2D eigenvalue weighted by molar-refractivity contribution is 5.85. The van der Waals surface area contributed by atoms with E-state index < -0.39 is 0 Å². The second-order valence-electron chi connectivity index (χ2n) is 7.84. The molecule has 0 saturated carbocycles. The molecule has 0 radical (unpaired) electrons. The number of hydrogen-bond acceptors (Lipinski definition) is 9. The number of piperazine rings is 1. The van der Waals surface area contributed by atoms with E-state index in [2.05, 4.69) is 30.1 Å². The Morgan fingerprint density at radius 1 is 0.879 bits per heavy atom. The van der Waals surface area contributed by atoms with Crippen LogP contribution in [0.1, 0.15) is 5.56 Å². The Labute approximate surface area is 190 Å². The zero-order chi connectivity index (χ0) is 22.8. The third kappa shape index (κ3) is 4.36. The first-order chi connectivity index (χ1) is 16.1. The van der Waals surface area contributed by atoms with Gasteiger partial charge in [-0.2, -0.15) is 9.97 Å². The van der Waals surface area contributed by atoms with E-state index in [0.29, 0.717) is 36.0 Å². The van der Waals surface area contributed by atoms with Gasteiger partial charge in [0, 0.05) is 62.1 Å². The predicted octanol–water partition coefficient (Wildman–Crippen LogP) is 3.71. The minimum atomic E-state index is -0.385. The number of aryl methyl sites for hydroxylation is 1. The van der Waals surface area contributed by atoms with E-state index in [0.717, 1.165) is 24.5 Å². The molecule has 1 saturated heterocycles. The molecule has 0 bridgehead atoms. The first-order valence-electron chi connectivity index (χ1n) is 10.6. The number of nitro groups is 1. The molecule has 10 nitrogen and oxygen atoms in total. The predicted molar refractivity (Wildman–Crippen MR) is 127 cm³/mol. The lowest BCUT2D eigenvalue weighted by Crippen LogP contribution is -2.47. The quantitative estimate of drug-likeness (QED) is 0.365. The molecule has 2 aromatic heterocycles. The largest absolute Gasteiger partial charge is 0.368 e. The van der Waals surface area contributed by atoms with Gasteiger partial charge in [0.1, 0.15) is 0 Å². The summed E-state index contributed by atoms with van der Waals surface area (Å²) in [5.41, 5.74) is 4.31. The molecule has 0 spiro atoms. The summed E-state index contributed by atoms with van der Waals surface area (Å²) < 4.78 is 0. The first-order valence-corrected chi connectivity index (χ1v) is 10.6. The summed E-state index contributed by atoms with van der Waals surface area (Å²) in [6.07, 6.45) is 3.26. The van der Waals surface area contributed by atoms with Crippen LogP contribution in [0.25, 0.3) is 11.2 Å². The molecule has 3 heterocycles. The lowest BCUT2D eigenvalue weighted by molar-refractivity contribution is -0.384. The van der Waals surface area contributed by atoms with Gasteiger partial charge in [0.05, 0.1) is 4.92 Å². The van der Waals surface area contributed by atoms with E-state index in [1.165, 1.54) is 17.7 Å². The lowest BCUT2D eigenvalue weighted by atomic mass is 10.2. The number of nitrogens with zero attached hydrogens (tertiary/aromatic N) is 7. The molecule has 1 fully saturated rings. The zero-order valence-electron chi connectivity index (χ0n) is 18.0. The van der Waals surface area contributed by atoms with Gasteiger partial charge in [-0.05, 0) is 31.2 Å². The van der Waals surface area contributed by atoms with E-state index >= 15 is 0 Å². The average molecular weight is 442 g/mol. The Balaban J connectivity index is 1.36. The molecule has 0 atom stereocenters. The fourth-order valence-corrected chi connectivity index (χ4v) is 3.80. The molecule has 5 rings (SSSR count). The van der Waals surface area contributed by atoms with Crippen molar-refractivity contribution < 1.29 is 4.92 Å². The minimum Gasteiger partial charge on any atom is -0.368 e. The minimum absolute atomic E-state index is 0.0941. The Kier molecular flexibility index (Phi) is 5.39. The van der Waals surface area contributed by atoms with Crippen LogP contribution in [0, 0.1) is 17.0 Å². The molecule has 1 aliphatic rings. The molecule has 2 aromatic carbocycles. The van der Waals surface area contributed by atoms with E-state index in [9.17, 15) is 10.1 Å². The summed E-state index contributed by atoms with van der Waals surface area (Å²) in [6.45, 7) is 4.98. The maximum Gasteiger partial charge on any atom is 0.269 e. The second-order valence-corrected chi connectivity index (χ2v) is 7.84. The van der Waals surface area contributed by atoms with Gasteiger partial charge in [0.2, 0.25) is 5.95 Å². The highest BCUT2D eigenvalue weighted by atomic mass is 16.6. The summed E-state index contributed by atoms with van der Waals surface area (Å²) in [5, 5.41) is 14.3. The molecule has 10 heteroatoms. The van der Waals surface area contributed by atoms with E-state index in [1.807, 2.05) is 31.2 Å². The Morgan fingerprint density at radius 2 is 1.55 bits per heavy atom. The Hall–Kier alpha value is -4.34. The average Bonchev–Trinajstić information content (AvgIpc) is 2.85. The van der Waals surface area contributed by atoms with Crippen molar-refractivity contribution in [3.8, 4) is 0 Å². The van der Waals surface area contributed by atoms with Gasteiger partial charge in [-0.3, -0.25) is 10.1 Å². The summed E-state index contributed by atoms with van der Waals surface area (Å²) in [5.74, 6) is 1.21. The number of benzene rings is 2. The molecule has 1 N–H and O–H groups in total. The van der Waals surface area contributed by atoms with Gasteiger partial charge < -0.3 is 15.1 Å². The van der Waals surface area contributed by atoms with Gasteiger partial charge in [0.15, 0.2) is 17.0 Å². The number of non-ortho nitro benzene ring substituents is 1. The van der Waals surface area contributed by atoms with Crippen molar-refractivity contribution in [3.05, 3.63) is 76.6 Å². The van der Waals surface area contributed by atoms with Crippen LogP contribution < -0.4 is 15.1 Å². The van der Waals surface area contributed by atoms with E-state index in [-0.39, 0.29) is 10.6 Å². The maximum absolute atomic E-state index is 10.9. The summed E-state index contributed by atoms with van der Waals surface area (Å²) >= 11 is 0. The van der Waals surface area contributed by atoms with Crippen molar-refractivity contribution in [2.24, 2.45) is 0 Å². The fraction of sp³-hybridized carbons (Fsp3) is 0.217. The van der Waals surface area contributed by atoms with Crippen LogP contribution in [-0.2, 0) is 0 Å². The zero-order valence-corrected chi connectivity index (χ0v) is 18.0. The van der Waals surface area contributed by atoms with Gasteiger partial charge in [-0.1, -0.05) is 17.7 Å². The van der Waals surface area contributed by atoms with Gasteiger partial charge >= 0.3 is 0 Å². The van der Waals surface area contributed by atoms with Gasteiger partial charge in [0.25, 0.3) is 5.69 Å². The van der Waals surface area contributed by atoms with Crippen LogP contribution in [-0.4, -0.2) is 51.0 Å². The van der Waals surface area contributed by atoms with Crippen molar-refractivity contribution in [1.29, 1.82) is 0 Å². The number of aromatic nitrogens is 4. The molecular weight excluding hydrogens is 420 g/mol. The van der Waals surface area contributed by atoms with Crippen molar-refractivity contribution in [1.82, 2.24) is 19.9 Å². The highest BCUT2D eigenvalue weighted by Gasteiger charge is 2.22. The van der Waals surface area contributed by atoms with E-state index in [1.54, 1.807) is 24.5 Å². The second kappa shape index (κ2) is 8.65. The summed E-state index contributed by atoms with van der Waals surface area (Å²) in [4.78, 5) is 33.1. The third-order valence-corrected chi connectivity index (χ3v) is 5.62. The first kappa shape index (κ1) is 20.6. The number of nitro benzene ring substituents is 1. The van der Waals surface area contributed by atoms with Gasteiger partial charge in [-0.25, -0.2) is 9.97 Å².